The van der Waals surface area contributed by atoms with Gasteiger partial charge in [-0.3, -0.25) is 0 Å². The predicted molar refractivity (Wildman–Crippen MR) is 57.3 cm³/mol. The van der Waals surface area contributed by atoms with E-state index in [0.29, 0.717) is 6.54 Å². The van der Waals surface area contributed by atoms with E-state index >= 15 is 0 Å². The number of anilines is 1. The van der Waals surface area contributed by atoms with Gasteiger partial charge in [-0.1, -0.05) is 24.3 Å². The first-order valence-electron chi connectivity index (χ1n) is 4.60. The first kappa shape index (κ1) is 8.97. The lowest BCUT2D eigenvalue weighted by atomic mass is 10.1. The number of hydrogen-bond donors (Lipinski definition) is 2. The third-order valence-corrected chi connectivity index (χ3v) is 2.08. The van der Waals surface area contributed by atoms with Gasteiger partial charge in [0.25, 0.3) is 0 Å². The topological polar surface area (TPSA) is 45.1 Å². The highest BCUT2D eigenvalue weighted by Gasteiger charge is 1.99. The molecule has 3 nitrogen and oxygen atoms in total. The fourth-order valence-corrected chi connectivity index (χ4v) is 1.43. The first-order chi connectivity index (χ1) is 6.92. The minimum atomic E-state index is 0.116. The van der Waals surface area contributed by atoms with E-state index < -0.39 is 0 Å². The monoisotopic (exact) mass is 188 g/mol. The van der Waals surface area contributed by atoms with E-state index in [2.05, 4.69) is 10.3 Å². The summed E-state index contributed by atoms with van der Waals surface area (Å²) < 4.78 is 0. The van der Waals surface area contributed by atoms with Crippen molar-refractivity contribution >= 4 is 16.6 Å². The Kier molecular flexibility index (Phi) is 2.60. The van der Waals surface area contributed by atoms with Gasteiger partial charge in [-0.15, -0.1) is 0 Å². The fourth-order valence-electron chi connectivity index (χ4n) is 1.43. The third kappa shape index (κ3) is 1.67. The van der Waals surface area contributed by atoms with E-state index in [0.717, 1.165) is 16.6 Å². The summed E-state index contributed by atoms with van der Waals surface area (Å²) in [5, 5.41) is 14.0. The van der Waals surface area contributed by atoms with Crippen LogP contribution in [0.5, 0.6) is 0 Å². The van der Waals surface area contributed by atoms with Gasteiger partial charge in [0.05, 0.1) is 6.61 Å². The second kappa shape index (κ2) is 4.07. The maximum atomic E-state index is 8.71. The van der Waals surface area contributed by atoms with Crippen LogP contribution in [0.3, 0.4) is 0 Å². The number of rotatable bonds is 3. The van der Waals surface area contributed by atoms with Gasteiger partial charge in [-0.2, -0.15) is 0 Å². The van der Waals surface area contributed by atoms with E-state index in [4.69, 9.17) is 5.11 Å². The molecular formula is C11H12N2O. The lowest BCUT2D eigenvalue weighted by Crippen LogP contribution is -2.06. The van der Waals surface area contributed by atoms with Crippen molar-refractivity contribution in [1.82, 2.24) is 4.98 Å². The molecule has 2 aromatic rings. The number of aliphatic hydroxyl groups is 1. The zero-order valence-corrected chi connectivity index (χ0v) is 7.77. The minimum absolute atomic E-state index is 0.116. The van der Waals surface area contributed by atoms with Crippen LogP contribution in [0, 0.1) is 0 Å². The largest absolute Gasteiger partial charge is 0.395 e. The molecule has 0 bridgehead atoms. The van der Waals surface area contributed by atoms with Crippen LogP contribution in [-0.2, 0) is 0 Å². The van der Waals surface area contributed by atoms with Crippen LogP contribution < -0.4 is 5.32 Å². The molecule has 0 saturated carbocycles. The van der Waals surface area contributed by atoms with Crippen molar-refractivity contribution < 1.29 is 5.11 Å². The molecule has 14 heavy (non-hydrogen) atoms. The van der Waals surface area contributed by atoms with Crippen LogP contribution in [0.1, 0.15) is 0 Å². The average Bonchev–Trinajstić information content (AvgIpc) is 2.26. The van der Waals surface area contributed by atoms with Crippen molar-refractivity contribution in [2.75, 3.05) is 18.5 Å². The maximum Gasteiger partial charge on any atom is 0.133 e. The van der Waals surface area contributed by atoms with E-state index in [1.807, 2.05) is 30.3 Å². The van der Waals surface area contributed by atoms with Crippen molar-refractivity contribution in [3.8, 4) is 0 Å². The van der Waals surface area contributed by atoms with Gasteiger partial charge in [0.2, 0.25) is 0 Å². The summed E-state index contributed by atoms with van der Waals surface area (Å²) in [5.74, 6) is 0.831. The molecular weight excluding hydrogens is 176 g/mol. The van der Waals surface area contributed by atoms with Gasteiger partial charge < -0.3 is 10.4 Å². The fraction of sp³-hybridized carbons (Fsp3) is 0.182. The van der Waals surface area contributed by atoms with Crippen molar-refractivity contribution in [3.63, 3.8) is 0 Å². The second-order valence-corrected chi connectivity index (χ2v) is 3.03. The second-order valence-electron chi connectivity index (χ2n) is 3.03. The standard InChI is InChI=1S/C11H12N2O/c14-8-7-13-11-10-4-2-1-3-9(10)5-6-12-11/h1-6,14H,7-8H2,(H,12,13). The summed E-state index contributed by atoms with van der Waals surface area (Å²) in [6, 6.07) is 10.0. The summed E-state index contributed by atoms with van der Waals surface area (Å²) in [6.07, 6.45) is 1.77. The highest BCUT2D eigenvalue weighted by atomic mass is 16.3. The van der Waals surface area contributed by atoms with Crippen molar-refractivity contribution in [2.45, 2.75) is 0 Å². The minimum Gasteiger partial charge on any atom is -0.395 e. The summed E-state index contributed by atoms with van der Waals surface area (Å²) in [5.41, 5.74) is 0. The molecule has 0 saturated heterocycles. The number of pyridine rings is 1. The van der Waals surface area contributed by atoms with Crippen LogP contribution in [-0.4, -0.2) is 23.2 Å². The van der Waals surface area contributed by atoms with Crippen molar-refractivity contribution in [1.29, 1.82) is 0 Å². The lowest BCUT2D eigenvalue weighted by molar-refractivity contribution is 0.311. The number of nitrogens with one attached hydrogen (secondary N) is 1. The van der Waals surface area contributed by atoms with Crippen LogP contribution in [0.2, 0.25) is 0 Å². The van der Waals surface area contributed by atoms with Gasteiger partial charge in [0, 0.05) is 18.1 Å². The molecule has 0 spiro atoms. The first-order valence-corrected chi connectivity index (χ1v) is 4.60. The Morgan fingerprint density at radius 3 is 2.93 bits per heavy atom. The smallest absolute Gasteiger partial charge is 0.133 e. The molecule has 0 aliphatic rings. The molecule has 1 aromatic carbocycles. The molecule has 1 heterocycles. The van der Waals surface area contributed by atoms with Gasteiger partial charge in [0.1, 0.15) is 5.82 Å². The number of fused-ring (bicyclic) bond motifs is 1. The van der Waals surface area contributed by atoms with Gasteiger partial charge in [-0.25, -0.2) is 4.98 Å². The molecule has 0 aliphatic carbocycles. The number of aliphatic hydroxyl groups excluding tert-OH is 1. The molecule has 2 rings (SSSR count). The normalized spacial score (nSPS) is 10.4. The van der Waals surface area contributed by atoms with Gasteiger partial charge in [-0.05, 0) is 11.5 Å². The molecule has 72 valence electrons. The predicted octanol–water partition coefficient (Wildman–Crippen LogP) is 1.64. The summed E-state index contributed by atoms with van der Waals surface area (Å²) in [7, 11) is 0. The Morgan fingerprint density at radius 2 is 2.07 bits per heavy atom. The highest BCUT2D eigenvalue weighted by Crippen LogP contribution is 2.19. The quantitative estimate of drug-likeness (QED) is 0.769. The molecule has 0 radical (unpaired) electrons. The molecule has 2 N–H and O–H groups in total. The SMILES string of the molecule is OCCNc1nccc2ccccc12. The van der Waals surface area contributed by atoms with Crippen LogP contribution in [0.25, 0.3) is 10.8 Å². The maximum absolute atomic E-state index is 8.71. The zero-order valence-electron chi connectivity index (χ0n) is 7.77. The number of benzene rings is 1. The lowest BCUT2D eigenvalue weighted by Gasteiger charge is -2.06. The molecule has 1 aromatic heterocycles. The van der Waals surface area contributed by atoms with Crippen molar-refractivity contribution in [2.24, 2.45) is 0 Å². The van der Waals surface area contributed by atoms with E-state index in [1.165, 1.54) is 0 Å². The van der Waals surface area contributed by atoms with Gasteiger partial charge in [0.15, 0.2) is 0 Å². The van der Waals surface area contributed by atoms with E-state index in [1.54, 1.807) is 6.20 Å². The molecule has 0 amide bonds. The molecule has 0 aliphatic heterocycles. The van der Waals surface area contributed by atoms with Gasteiger partial charge >= 0.3 is 0 Å². The molecule has 0 unspecified atom stereocenters. The summed E-state index contributed by atoms with van der Waals surface area (Å²) >= 11 is 0. The Labute approximate surface area is 82.4 Å². The average molecular weight is 188 g/mol. The van der Waals surface area contributed by atoms with Crippen molar-refractivity contribution in [3.05, 3.63) is 36.5 Å². The number of aromatic nitrogens is 1. The van der Waals surface area contributed by atoms with E-state index in [9.17, 15) is 0 Å². The van der Waals surface area contributed by atoms with Crippen LogP contribution in [0.15, 0.2) is 36.5 Å². The Bertz CT molecular complexity index is 423. The van der Waals surface area contributed by atoms with E-state index in [-0.39, 0.29) is 6.61 Å². The molecule has 3 heteroatoms. The Morgan fingerprint density at radius 1 is 1.21 bits per heavy atom. The van der Waals surface area contributed by atoms with Crippen LogP contribution in [0.4, 0.5) is 5.82 Å². The Hall–Kier alpha value is -1.61. The number of nitrogens with zero attached hydrogens (tertiary/aromatic N) is 1. The highest BCUT2D eigenvalue weighted by molar-refractivity contribution is 5.91. The number of hydrogen-bond acceptors (Lipinski definition) is 3. The Balaban J connectivity index is 2.43. The summed E-state index contributed by atoms with van der Waals surface area (Å²) in [6.45, 7) is 0.645. The molecule has 0 fully saturated rings. The third-order valence-electron chi connectivity index (χ3n) is 2.08. The molecule has 0 atom stereocenters. The zero-order chi connectivity index (χ0) is 9.80. The summed E-state index contributed by atoms with van der Waals surface area (Å²) in [4.78, 5) is 4.22. The van der Waals surface area contributed by atoms with Crippen LogP contribution >= 0.6 is 0 Å².